The predicted octanol–water partition coefficient (Wildman–Crippen LogP) is 14.4. The van der Waals surface area contributed by atoms with Gasteiger partial charge in [0.15, 0.2) is 7.28 Å². The van der Waals surface area contributed by atoms with Crippen molar-refractivity contribution in [3.8, 4) is 44.5 Å². The minimum Gasteiger partial charge on any atom is -0.456 e. The zero-order valence-electron chi connectivity index (χ0n) is 35.3. The number of furan rings is 1. The van der Waals surface area contributed by atoms with Crippen molar-refractivity contribution >= 4 is 68.6 Å². The Balaban J connectivity index is 1.04. The normalized spacial score (nSPS) is 13.4. The number of nitrogens with one attached hydrogen (secondary N) is 1. The van der Waals surface area contributed by atoms with E-state index in [0.717, 1.165) is 61.2 Å². The van der Waals surface area contributed by atoms with Crippen LogP contribution in [0.25, 0.3) is 66.4 Å². The summed E-state index contributed by atoms with van der Waals surface area (Å²) < 4.78 is 6.93. The Hall–Kier alpha value is -8.34. The summed E-state index contributed by atoms with van der Waals surface area (Å²) in [5.74, 6) is 0. The Labute approximate surface area is 378 Å². The Morgan fingerprint density at radius 1 is 0.415 bits per heavy atom. The lowest BCUT2D eigenvalue weighted by molar-refractivity contribution is 0.669. The van der Waals surface area contributed by atoms with E-state index in [4.69, 9.17) is 4.42 Å². The van der Waals surface area contributed by atoms with E-state index in [1.807, 2.05) is 0 Å². The molecule has 301 valence electrons. The van der Waals surface area contributed by atoms with Gasteiger partial charge in [0.05, 0.1) is 22.2 Å². The van der Waals surface area contributed by atoms with E-state index in [-0.39, 0.29) is 0 Å². The minimum atomic E-state index is -0.507. The second-order valence-electron chi connectivity index (χ2n) is 17.4. The molecule has 1 N–H and O–H groups in total. The van der Waals surface area contributed by atoms with Crippen molar-refractivity contribution in [3.63, 3.8) is 0 Å². The highest BCUT2D eigenvalue weighted by Gasteiger charge is 2.53. The third kappa shape index (κ3) is 5.14. The van der Waals surface area contributed by atoms with E-state index in [0.29, 0.717) is 0 Å². The van der Waals surface area contributed by atoms with Crippen LogP contribution in [0, 0.1) is 0 Å². The lowest BCUT2D eigenvalue weighted by Crippen LogP contribution is -2.47. The van der Waals surface area contributed by atoms with Crippen LogP contribution in [0.4, 0.5) is 28.4 Å². The first-order valence-electron chi connectivity index (χ1n) is 22.4. The molecular formula is C61H38BN2O. The van der Waals surface area contributed by atoms with Gasteiger partial charge in [-0.1, -0.05) is 194 Å². The van der Waals surface area contributed by atoms with E-state index >= 15 is 0 Å². The van der Waals surface area contributed by atoms with Crippen LogP contribution in [0.5, 0.6) is 0 Å². The number of hydrogen-bond donors (Lipinski definition) is 1. The van der Waals surface area contributed by atoms with Gasteiger partial charge in [-0.2, -0.15) is 0 Å². The molecule has 65 heavy (non-hydrogen) atoms. The van der Waals surface area contributed by atoms with E-state index in [1.54, 1.807) is 0 Å². The molecule has 0 atom stereocenters. The summed E-state index contributed by atoms with van der Waals surface area (Å²) in [5.41, 5.74) is 23.8. The third-order valence-electron chi connectivity index (χ3n) is 14.1. The minimum absolute atomic E-state index is 0.507. The van der Waals surface area contributed by atoms with E-state index < -0.39 is 5.41 Å². The Kier molecular flexibility index (Phi) is 7.70. The number of fused-ring (bicyclic) bond motifs is 15. The highest BCUT2D eigenvalue weighted by atomic mass is 16.3. The highest BCUT2D eigenvalue weighted by molar-refractivity contribution is 6.74. The zero-order chi connectivity index (χ0) is 42.6. The van der Waals surface area contributed by atoms with Crippen molar-refractivity contribution in [1.29, 1.82) is 0 Å². The Morgan fingerprint density at radius 2 is 1.02 bits per heavy atom. The van der Waals surface area contributed by atoms with Gasteiger partial charge in [-0.3, -0.25) is 0 Å². The molecule has 0 fully saturated rings. The number of anilines is 5. The molecule has 0 unspecified atom stereocenters. The van der Waals surface area contributed by atoms with Gasteiger partial charge in [-0.15, -0.1) is 0 Å². The first kappa shape index (κ1) is 36.2. The van der Waals surface area contributed by atoms with Crippen molar-refractivity contribution in [2.24, 2.45) is 0 Å². The fraction of sp³-hybridized carbons (Fsp3) is 0.0164. The number of para-hydroxylation sites is 3. The van der Waals surface area contributed by atoms with Crippen LogP contribution in [0.1, 0.15) is 22.3 Å². The largest absolute Gasteiger partial charge is 0.456 e. The fourth-order valence-electron chi connectivity index (χ4n) is 11.4. The van der Waals surface area contributed by atoms with Crippen molar-refractivity contribution in [2.45, 2.75) is 5.41 Å². The topological polar surface area (TPSA) is 28.4 Å². The molecule has 1 spiro atoms. The second-order valence-corrected chi connectivity index (χ2v) is 17.4. The third-order valence-corrected chi connectivity index (χ3v) is 14.1. The SMILES string of the molecule is [B]1c2cccc3c2N(c2ccccc2C32c3ccccc3-c3ccccc32)c2c1c(-c1ccc(-c3ccccc3)cc1Nc1ccc(-c3ccccc3)cc1)cc1oc3ccccc3c21. The summed E-state index contributed by atoms with van der Waals surface area (Å²) in [7, 11) is 2.44. The maximum Gasteiger partial charge on any atom is 0.197 e. The smallest absolute Gasteiger partial charge is 0.197 e. The second kappa shape index (κ2) is 13.8. The van der Waals surface area contributed by atoms with Crippen LogP contribution in [-0.4, -0.2) is 7.28 Å². The van der Waals surface area contributed by atoms with Crippen LogP contribution in [0.15, 0.2) is 229 Å². The molecule has 1 aliphatic carbocycles. The monoisotopic (exact) mass is 825 g/mol. The summed E-state index contributed by atoms with van der Waals surface area (Å²) in [5, 5.41) is 6.13. The molecule has 1 aromatic heterocycles. The van der Waals surface area contributed by atoms with Crippen LogP contribution in [0.2, 0.25) is 0 Å². The molecule has 1 radical (unpaired) electrons. The lowest BCUT2D eigenvalue weighted by atomic mass is 9.54. The fourth-order valence-corrected chi connectivity index (χ4v) is 11.4. The van der Waals surface area contributed by atoms with Gasteiger partial charge in [0.1, 0.15) is 11.2 Å². The van der Waals surface area contributed by atoms with Crippen molar-refractivity contribution < 1.29 is 4.42 Å². The predicted molar refractivity (Wildman–Crippen MR) is 270 cm³/mol. The van der Waals surface area contributed by atoms with Crippen molar-refractivity contribution in [3.05, 3.63) is 247 Å². The number of hydrogen-bond acceptors (Lipinski definition) is 3. The lowest BCUT2D eigenvalue weighted by Gasteiger charge is -2.48. The van der Waals surface area contributed by atoms with Crippen LogP contribution in [-0.2, 0) is 5.41 Å². The van der Waals surface area contributed by atoms with Gasteiger partial charge in [-0.25, -0.2) is 0 Å². The molecule has 3 aliphatic rings. The highest BCUT2D eigenvalue weighted by Crippen LogP contribution is 2.64. The molecule has 4 heteroatoms. The van der Waals surface area contributed by atoms with Crippen molar-refractivity contribution in [2.75, 3.05) is 10.2 Å². The van der Waals surface area contributed by atoms with Crippen LogP contribution >= 0.6 is 0 Å². The zero-order valence-corrected chi connectivity index (χ0v) is 35.3. The molecule has 3 nitrogen and oxygen atoms in total. The van der Waals surface area contributed by atoms with E-state index in [9.17, 15) is 0 Å². The summed E-state index contributed by atoms with van der Waals surface area (Å²) in [6.45, 7) is 0. The molecule has 14 rings (SSSR count). The van der Waals surface area contributed by atoms with Gasteiger partial charge in [0, 0.05) is 28.0 Å². The quantitative estimate of drug-likeness (QED) is 0.175. The summed E-state index contributed by atoms with van der Waals surface area (Å²) in [6.07, 6.45) is 0. The molecule has 3 heterocycles. The van der Waals surface area contributed by atoms with Gasteiger partial charge >= 0.3 is 0 Å². The summed E-state index contributed by atoms with van der Waals surface area (Å²) in [6, 6.07) is 81.7. The average Bonchev–Trinajstić information content (AvgIpc) is 3.89. The maximum absolute atomic E-state index is 6.93. The number of nitrogens with zero attached hydrogens (tertiary/aromatic N) is 1. The molecular weight excluding hydrogens is 787 g/mol. The molecule has 0 amide bonds. The molecule has 2 aliphatic heterocycles. The van der Waals surface area contributed by atoms with Gasteiger partial charge < -0.3 is 14.6 Å². The number of rotatable bonds is 5. The summed E-state index contributed by atoms with van der Waals surface area (Å²) in [4.78, 5) is 2.58. The first-order chi connectivity index (χ1) is 32.2. The van der Waals surface area contributed by atoms with Gasteiger partial charge in [-0.05, 0) is 103 Å². The summed E-state index contributed by atoms with van der Waals surface area (Å²) >= 11 is 0. The van der Waals surface area contributed by atoms with Crippen LogP contribution in [0.3, 0.4) is 0 Å². The molecule has 0 saturated heterocycles. The van der Waals surface area contributed by atoms with Gasteiger partial charge in [0.25, 0.3) is 0 Å². The molecule has 0 bridgehead atoms. The Morgan fingerprint density at radius 3 is 1.77 bits per heavy atom. The molecule has 10 aromatic carbocycles. The van der Waals surface area contributed by atoms with E-state index in [2.05, 4.69) is 242 Å². The number of benzene rings is 10. The molecule has 0 saturated carbocycles. The van der Waals surface area contributed by atoms with E-state index in [1.165, 1.54) is 66.9 Å². The first-order valence-corrected chi connectivity index (χ1v) is 22.4. The molecule has 11 aromatic rings. The Bertz CT molecular complexity index is 3680. The standard InChI is InChI=1S/C61H38BN2O/c1-3-16-38(17-4-1)40-30-33-42(34-31-40)63-53-36-41(39-18-5-2-6-19-39)32-35-45(53)47-37-56-57(46-22-9-14-29-55(46)65-56)60-58(47)62-52-27-15-26-51-59(52)64(60)54-28-13-12-25-50(54)61(51)48-23-10-7-20-43(48)44-21-8-11-24-49(44)61/h1-37,63H. The van der Waals surface area contributed by atoms with Crippen LogP contribution < -0.4 is 21.1 Å². The van der Waals surface area contributed by atoms with Crippen molar-refractivity contribution in [1.82, 2.24) is 0 Å². The van der Waals surface area contributed by atoms with Gasteiger partial charge in [0.2, 0.25) is 0 Å². The average molecular weight is 826 g/mol. The maximum atomic E-state index is 6.93.